The zero-order valence-electron chi connectivity index (χ0n) is 15.6. The van der Waals surface area contributed by atoms with Crippen molar-refractivity contribution in [3.8, 4) is 5.75 Å². The lowest BCUT2D eigenvalue weighted by molar-refractivity contribution is -0.140. The predicted molar refractivity (Wildman–Crippen MR) is 101 cm³/mol. The van der Waals surface area contributed by atoms with Gasteiger partial charge >= 0.3 is 5.97 Å². The summed E-state index contributed by atoms with van der Waals surface area (Å²) in [6.07, 6.45) is 4.64. The lowest BCUT2D eigenvalue weighted by Gasteiger charge is -2.35. The summed E-state index contributed by atoms with van der Waals surface area (Å²) in [5.41, 5.74) is 11.1. The molecule has 1 aliphatic rings. The van der Waals surface area contributed by atoms with Crippen molar-refractivity contribution in [3.05, 3.63) is 29.8 Å². The van der Waals surface area contributed by atoms with E-state index in [1.807, 2.05) is 12.1 Å². The molecule has 0 aliphatic carbocycles. The van der Waals surface area contributed by atoms with Gasteiger partial charge in [0.05, 0.1) is 6.42 Å². The third-order valence-corrected chi connectivity index (χ3v) is 4.89. The first-order valence-corrected chi connectivity index (χ1v) is 8.95. The van der Waals surface area contributed by atoms with Gasteiger partial charge in [-0.25, -0.2) is 0 Å². The van der Waals surface area contributed by atoms with Crippen LogP contribution < -0.4 is 11.5 Å². The summed E-state index contributed by atoms with van der Waals surface area (Å²) in [6, 6.07) is 6.67. The molecular formula is C19H31N3O4. The van der Waals surface area contributed by atoms with Crippen LogP contribution >= 0.6 is 0 Å². The maximum absolute atomic E-state index is 9.99. The van der Waals surface area contributed by atoms with Gasteiger partial charge < -0.3 is 26.6 Å². The Labute approximate surface area is 155 Å². The number of hydrogen-bond acceptors (Lipinski definition) is 5. The first kappa shape index (κ1) is 21.9. The number of carbonyl (C=O) groups excluding carboxylic acids is 1. The molecule has 1 amide bonds. The van der Waals surface area contributed by atoms with Crippen LogP contribution in [-0.4, -0.2) is 53.2 Å². The van der Waals surface area contributed by atoms with Gasteiger partial charge in [0.1, 0.15) is 11.8 Å². The standard InChI is InChI=1S/C15H23NO.C4H8N2O3/c1-3-15(9-4-5-10-16(2)12-15)13-7-6-8-14(17)11-13;5-2(4(8)9)1-3(6)7/h6-8,11,17H,3-5,9-10,12H2,1-2H3;2H,1,5H2,(H2,6,7)(H,8,9)/t;2-/m.0/s1. The monoisotopic (exact) mass is 365 g/mol. The third kappa shape index (κ3) is 6.65. The molecule has 2 rings (SSSR count). The lowest BCUT2D eigenvalue weighted by Crippen LogP contribution is -2.37. The molecule has 1 fully saturated rings. The third-order valence-electron chi connectivity index (χ3n) is 4.89. The topological polar surface area (TPSA) is 130 Å². The van der Waals surface area contributed by atoms with Crippen molar-refractivity contribution in [3.63, 3.8) is 0 Å². The number of likely N-dealkylation sites (tertiary alicyclic amines) is 1. The van der Waals surface area contributed by atoms with Crippen LogP contribution in [0.5, 0.6) is 5.75 Å². The van der Waals surface area contributed by atoms with E-state index >= 15 is 0 Å². The van der Waals surface area contributed by atoms with Crippen LogP contribution in [0.2, 0.25) is 0 Å². The molecule has 6 N–H and O–H groups in total. The molecule has 1 unspecified atom stereocenters. The van der Waals surface area contributed by atoms with Gasteiger partial charge in [-0.3, -0.25) is 9.59 Å². The van der Waals surface area contributed by atoms with E-state index in [0.717, 1.165) is 13.0 Å². The molecule has 0 radical (unpaired) electrons. The fourth-order valence-electron chi connectivity index (χ4n) is 3.39. The smallest absolute Gasteiger partial charge is 0.321 e. The zero-order valence-corrected chi connectivity index (χ0v) is 15.6. The maximum Gasteiger partial charge on any atom is 0.321 e. The normalized spacial score (nSPS) is 21.8. The number of likely N-dealkylation sites (N-methyl/N-ethyl adjacent to an activating group) is 1. The SMILES string of the molecule is CCC1(c2cccc(O)c2)CCCCN(C)C1.NC(=O)C[C@H](N)C(=O)O. The van der Waals surface area contributed by atoms with E-state index < -0.39 is 17.9 Å². The summed E-state index contributed by atoms with van der Waals surface area (Å²) >= 11 is 0. The summed E-state index contributed by atoms with van der Waals surface area (Å²) in [5, 5.41) is 17.8. The van der Waals surface area contributed by atoms with Crippen LogP contribution in [0.4, 0.5) is 0 Å². The Bertz CT molecular complexity index is 608. The molecule has 2 atom stereocenters. The van der Waals surface area contributed by atoms with E-state index in [1.165, 1.54) is 31.4 Å². The largest absolute Gasteiger partial charge is 0.508 e. The van der Waals surface area contributed by atoms with Crippen molar-refractivity contribution >= 4 is 11.9 Å². The minimum absolute atomic E-state index is 0.226. The minimum atomic E-state index is -1.21. The highest BCUT2D eigenvalue weighted by Crippen LogP contribution is 2.37. The number of carboxylic acids is 1. The molecule has 1 saturated heterocycles. The molecule has 0 saturated carbocycles. The van der Waals surface area contributed by atoms with E-state index in [0.29, 0.717) is 5.75 Å². The molecule has 1 aromatic rings. The molecule has 0 aromatic heterocycles. The number of nitrogens with two attached hydrogens (primary N) is 2. The zero-order chi connectivity index (χ0) is 19.7. The van der Waals surface area contributed by atoms with Crippen LogP contribution in [0.25, 0.3) is 0 Å². The van der Waals surface area contributed by atoms with Crippen LogP contribution in [-0.2, 0) is 15.0 Å². The summed E-state index contributed by atoms with van der Waals surface area (Å²) in [6.45, 7) is 4.57. The first-order chi connectivity index (χ1) is 12.2. The van der Waals surface area contributed by atoms with Crippen molar-refractivity contribution in [2.24, 2.45) is 11.5 Å². The number of aromatic hydroxyl groups is 1. The molecule has 0 bridgehead atoms. The maximum atomic E-state index is 9.99. The lowest BCUT2D eigenvalue weighted by atomic mass is 9.74. The first-order valence-electron chi connectivity index (χ1n) is 8.95. The fourth-order valence-corrected chi connectivity index (χ4v) is 3.39. The number of rotatable bonds is 5. The summed E-state index contributed by atoms with van der Waals surface area (Å²) in [4.78, 5) is 22.3. The van der Waals surface area contributed by atoms with Gasteiger partial charge in [-0.2, -0.15) is 0 Å². The minimum Gasteiger partial charge on any atom is -0.508 e. The highest BCUT2D eigenvalue weighted by Gasteiger charge is 2.33. The predicted octanol–water partition coefficient (Wildman–Crippen LogP) is 1.43. The average molecular weight is 365 g/mol. The van der Waals surface area contributed by atoms with E-state index in [1.54, 1.807) is 6.07 Å². The van der Waals surface area contributed by atoms with Crippen molar-refractivity contribution < 1.29 is 19.8 Å². The van der Waals surface area contributed by atoms with Gasteiger partial charge in [-0.1, -0.05) is 25.5 Å². The van der Waals surface area contributed by atoms with Gasteiger partial charge in [0.25, 0.3) is 0 Å². The average Bonchev–Trinajstić information content (AvgIpc) is 2.77. The quantitative estimate of drug-likeness (QED) is 0.624. The highest BCUT2D eigenvalue weighted by atomic mass is 16.4. The number of aliphatic carboxylic acids is 1. The molecule has 0 spiro atoms. The van der Waals surface area contributed by atoms with Gasteiger partial charge in [-0.05, 0) is 50.6 Å². The molecule has 26 heavy (non-hydrogen) atoms. The molecule has 1 heterocycles. The second-order valence-electron chi connectivity index (χ2n) is 6.99. The second-order valence-corrected chi connectivity index (χ2v) is 6.99. The number of carbonyl (C=O) groups is 2. The molecular weight excluding hydrogens is 334 g/mol. The van der Waals surface area contributed by atoms with Crippen molar-refractivity contribution in [2.45, 2.75) is 50.5 Å². The second kappa shape index (κ2) is 10.1. The molecule has 7 heteroatoms. The van der Waals surface area contributed by atoms with Gasteiger partial charge in [-0.15, -0.1) is 0 Å². The van der Waals surface area contributed by atoms with Gasteiger partial charge in [0.15, 0.2) is 0 Å². The number of phenolic OH excluding ortho intramolecular Hbond substituents is 1. The summed E-state index contributed by atoms with van der Waals surface area (Å²) in [7, 11) is 2.21. The number of carboxylic acid groups (broad SMARTS) is 1. The van der Waals surface area contributed by atoms with Crippen LogP contribution in [0.15, 0.2) is 24.3 Å². The number of hydrogen-bond donors (Lipinski definition) is 4. The van der Waals surface area contributed by atoms with E-state index in [2.05, 4.69) is 30.7 Å². The number of nitrogens with zero attached hydrogens (tertiary/aromatic N) is 1. The van der Waals surface area contributed by atoms with Crippen molar-refractivity contribution in [1.29, 1.82) is 0 Å². The summed E-state index contributed by atoms with van der Waals surface area (Å²) < 4.78 is 0. The Morgan fingerprint density at radius 3 is 2.54 bits per heavy atom. The number of primary amides is 1. The van der Waals surface area contributed by atoms with E-state index in [9.17, 15) is 14.7 Å². The van der Waals surface area contributed by atoms with Crippen molar-refractivity contribution in [2.75, 3.05) is 20.1 Å². The molecule has 1 aromatic carbocycles. The van der Waals surface area contributed by atoms with E-state index in [4.69, 9.17) is 10.8 Å². The molecule has 7 nitrogen and oxygen atoms in total. The van der Waals surface area contributed by atoms with Crippen LogP contribution in [0, 0.1) is 0 Å². The number of phenols is 1. The van der Waals surface area contributed by atoms with Crippen LogP contribution in [0.1, 0.15) is 44.6 Å². The Kier molecular flexibility index (Phi) is 8.54. The van der Waals surface area contributed by atoms with Gasteiger partial charge in [0.2, 0.25) is 5.91 Å². The number of amides is 1. The number of benzene rings is 1. The Hall–Kier alpha value is -2.12. The summed E-state index contributed by atoms with van der Waals surface area (Å²) in [5.74, 6) is -1.53. The highest BCUT2D eigenvalue weighted by molar-refractivity contribution is 5.83. The molecule has 1 aliphatic heterocycles. The Morgan fingerprint density at radius 1 is 1.35 bits per heavy atom. The Morgan fingerprint density at radius 2 is 2.04 bits per heavy atom. The Balaban J connectivity index is 0.000000321. The molecule has 146 valence electrons. The fraction of sp³-hybridized carbons (Fsp3) is 0.579. The van der Waals surface area contributed by atoms with E-state index in [-0.39, 0.29) is 11.8 Å². The van der Waals surface area contributed by atoms with Crippen LogP contribution in [0.3, 0.4) is 0 Å². The van der Waals surface area contributed by atoms with Crippen molar-refractivity contribution in [1.82, 2.24) is 4.90 Å². The van der Waals surface area contributed by atoms with Gasteiger partial charge in [0, 0.05) is 12.0 Å².